The van der Waals surface area contributed by atoms with Gasteiger partial charge in [-0.1, -0.05) is 31.4 Å². The van der Waals surface area contributed by atoms with E-state index >= 15 is 0 Å². The number of aliphatic hydroxyl groups excluding tert-OH is 1. The first kappa shape index (κ1) is 25.3. The number of carbonyl (C=O) groups is 3. The normalized spacial score (nSPS) is 34.7. The van der Waals surface area contributed by atoms with E-state index in [9.17, 15) is 19.5 Å². The van der Waals surface area contributed by atoms with Gasteiger partial charge in [0.05, 0.1) is 23.2 Å². The molecule has 0 aromatic carbocycles. The molecule has 34 heavy (non-hydrogen) atoms. The first-order valence-electron chi connectivity index (χ1n) is 12.6. The summed E-state index contributed by atoms with van der Waals surface area (Å²) in [5.74, 6) is -1.28. The Morgan fingerprint density at radius 3 is 2.44 bits per heavy atom. The molecule has 1 aliphatic carbocycles. The van der Waals surface area contributed by atoms with Crippen molar-refractivity contribution in [3.8, 4) is 0 Å². The summed E-state index contributed by atoms with van der Waals surface area (Å²) in [5.41, 5.74) is 0. The Bertz CT molecular complexity index is 859. The summed E-state index contributed by atoms with van der Waals surface area (Å²) in [7, 11) is 1.75. The van der Waals surface area contributed by atoms with Gasteiger partial charge in [-0.25, -0.2) is 0 Å². The Balaban J connectivity index is 1.74. The number of carbonyl (C=O) groups excluding carboxylic acids is 3. The van der Waals surface area contributed by atoms with Gasteiger partial charge in [-0.2, -0.15) is 0 Å². The lowest BCUT2D eigenvalue weighted by Gasteiger charge is -2.41. The number of rotatable bonds is 9. The van der Waals surface area contributed by atoms with Gasteiger partial charge in [-0.15, -0.1) is 24.9 Å². The van der Waals surface area contributed by atoms with Crippen molar-refractivity contribution >= 4 is 29.5 Å². The molecule has 0 aromatic rings. The van der Waals surface area contributed by atoms with E-state index in [1.807, 2.05) is 4.90 Å². The molecule has 2 unspecified atom stereocenters. The molecule has 3 heterocycles. The smallest absolute Gasteiger partial charge is 0.247 e. The van der Waals surface area contributed by atoms with Crippen LogP contribution in [0.4, 0.5) is 0 Å². The van der Waals surface area contributed by atoms with Gasteiger partial charge in [0.15, 0.2) is 0 Å². The average Bonchev–Trinajstić information content (AvgIpc) is 3.38. The van der Waals surface area contributed by atoms with Crippen LogP contribution in [0.3, 0.4) is 0 Å². The molecular formula is C26H39N3O4S. The first-order chi connectivity index (χ1) is 16.3. The minimum Gasteiger partial charge on any atom is -0.395 e. The Kier molecular flexibility index (Phi) is 7.21. The SMILES string of the molecule is C=CCN(C)C(=O)[C@@H]1[C@H]2C(=O)N(CCO)C(C(=O)N(CC=C)C3CCCCC3)C23CC[C@@]1(C)S3. The minimum absolute atomic E-state index is 0.0413. The van der Waals surface area contributed by atoms with Crippen LogP contribution < -0.4 is 0 Å². The van der Waals surface area contributed by atoms with Crippen LogP contribution in [0.1, 0.15) is 51.9 Å². The molecule has 188 valence electrons. The van der Waals surface area contributed by atoms with Crippen molar-refractivity contribution in [1.82, 2.24) is 14.7 Å². The summed E-state index contributed by atoms with van der Waals surface area (Å²) < 4.78 is -1.02. The summed E-state index contributed by atoms with van der Waals surface area (Å²) in [6.07, 6.45) is 10.3. The van der Waals surface area contributed by atoms with Crippen molar-refractivity contribution in [2.45, 2.75) is 73.4 Å². The monoisotopic (exact) mass is 489 g/mol. The number of amides is 3. The van der Waals surface area contributed by atoms with Gasteiger partial charge in [0.2, 0.25) is 17.7 Å². The van der Waals surface area contributed by atoms with E-state index in [4.69, 9.17) is 0 Å². The fraction of sp³-hybridized carbons (Fsp3) is 0.731. The Morgan fingerprint density at radius 2 is 1.82 bits per heavy atom. The number of thioether (sulfide) groups is 1. The van der Waals surface area contributed by atoms with Gasteiger partial charge in [0.1, 0.15) is 6.04 Å². The van der Waals surface area contributed by atoms with E-state index in [1.165, 1.54) is 6.42 Å². The van der Waals surface area contributed by atoms with Crippen molar-refractivity contribution in [3.05, 3.63) is 25.3 Å². The van der Waals surface area contributed by atoms with E-state index in [1.54, 1.807) is 40.8 Å². The maximum absolute atomic E-state index is 14.3. The van der Waals surface area contributed by atoms with Gasteiger partial charge < -0.3 is 19.8 Å². The predicted molar refractivity (Wildman–Crippen MR) is 134 cm³/mol. The van der Waals surface area contributed by atoms with Gasteiger partial charge in [-0.3, -0.25) is 14.4 Å². The average molecular weight is 490 g/mol. The molecule has 8 heteroatoms. The topological polar surface area (TPSA) is 81.2 Å². The third-order valence-electron chi connectivity index (χ3n) is 8.52. The van der Waals surface area contributed by atoms with Crippen LogP contribution in [0, 0.1) is 11.8 Å². The summed E-state index contributed by atoms with van der Waals surface area (Å²) >= 11 is 1.68. The molecule has 7 nitrogen and oxygen atoms in total. The van der Waals surface area contributed by atoms with Crippen LogP contribution in [0.15, 0.2) is 25.3 Å². The summed E-state index contributed by atoms with van der Waals surface area (Å²) in [6.45, 7) is 10.5. The van der Waals surface area contributed by atoms with Crippen molar-refractivity contribution in [2.24, 2.45) is 11.8 Å². The van der Waals surface area contributed by atoms with E-state index in [0.717, 1.165) is 38.5 Å². The van der Waals surface area contributed by atoms with Gasteiger partial charge in [0, 0.05) is 37.5 Å². The Hall–Kier alpha value is -1.80. The second-order valence-electron chi connectivity index (χ2n) is 10.6. The van der Waals surface area contributed by atoms with Crippen LogP contribution in [0.25, 0.3) is 0 Å². The number of hydrogen-bond donors (Lipinski definition) is 1. The van der Waals surface area contributed by atoms with Crippen molar-refractivity contribution < 1.29 is 19.5 Å². The molecule has 4 fully saturated rings. The molecule has 1 N–H and O–H groups in total. The second kappa shape index (κ2) is 9.69. The molecule has 3 saturated heterocycles. The minimum atomic E-state index is -0.659. The molecule has 2 bridgehead atoms. The fourth-order valence-electron chi connectivity index (χ4n) is 7.06. The third kappa shape index (κ3) is 3.81. The summed E-state index contributed by atoms with van der Waals surface area (Å²) in [5, 5.41) is 9.82. The molecule has 4 rings (SSSR count). The number of likely N-dealkylation sites (N-methyl/N-ethyl adjacent to an activating group) is 1. The van der Waals surface area contributed by atoms with Crippen LogP contribution in [-0.4, -0.2) is 92.4 Å². The van der Waals surface area contributed by atoms with Crippen LogP contribution in [0.2, 0.25) is 0 Å². The highest BCUT2D eigenvalue weighted by atomic mass is 32.2. The fourth-order valence-corrected chi connectivity index (χ4v) is 9.40. The number of likely N-dealkylation sites (tertiary alicyclic amines) is 1. The van der Waals surface area contributed by atoms with Crippen molar-refractivity contribution in [1.29, 1.82) is 0 Å². The largest absolute Gasteiger partial charge is 0.395 e. The lowest BCUT2D eigenvalue weighted by Crippen LogP contribution is -2.57. The molecule has 3 aliphatic heterocycles. The zero-order valence-electron chi connectivity index (χ0n) is 20.6. The number of nitrogens with zero attached hydrogens (tertiary/aromatic N) is 3. The molecule has 1 spiro atoms. The quantitative estimate of drug-likeness (QED) is 0.503. The van der Waals surface area contributed by atoms with Crippen molar-refractivity contribution in [2.75, 3.05) is 33.3 Å². The highest BCUT2D eigenvalue weighted by Gasteiger charge is 2.77. The third-order valence-corrected chi connectivity index (χ3v) is 10.5. The molecule has 0 aromatic heterocycles. The number of fused-ring (bicyclic) bond motifs is 1. The highest BCUT2D eigenvalue weighted by molar-refractivity contribution is 8.02. The zero-order chi connectivity index (χ0) is 24.7. The standard InChI is InChI=1S/C26H39N3O4S/c1-5-14-27(4)22(31)19-20-23(32)29(16-17-30)21(26(20)13-12-25(19,3)34-26)24(33)28(15-6-2)18-10-8-7-9-11-18/h5-6,18-21,30H,1-2,7-17H2,3-4H3/t19-,20-,21?,25+,26?/m0/s1. The zero-order valence-corrected chi connectivity index (χ0v) is 21.4. The highest BCUT2D eigenvalue weighted by Crippen LogP contribution is 2.71. The summed E-state index contributed by atoms with van der Waals surface area (Å²) in [6, 6.07) is -0.510. The van der Waals surface area contributed by atoms with Crippen LogP contribution in [0.5, 0.6) is 0 Å². The number of aliphatic hydroxyl groups is 1. The van der Waals surface area contributed by atoms with Crippen LogP contribution >= 0.6 is 11.8 Å². The predicted octanol–water partition coefficient (Wildman–Crippen LogP) is 2.45. The molecule has 5 atom stereocenters. The van der Waals surface area contributed by atoms with Gasteiger partial charge >= 0.3 is 0 Å². The number of β-amino-alcohol motifs (C(OH)–C–C–N with tert-alkyl or cyclic N) is 1. The molecule has 3 amide bonds. The van der Waals surface area contributed by atoms with E-state index in [-0.39, 0.29) is 41.7 Å². The van der Waals surface area contributed by atoms with E-state index < -0.39 is 22.6 Å². The molecular weight excluding hydrogens is 450 g/mol. The second-order valence-corrected chi connectivity index (χ2v) is 12.5. The molecule has 4 aliphatic rings. The maximum Gasteiger partial charge on any atom is 0.247 e. The van der Waals surface area contributed by atoms with Crippen molar-refractivity contribution in [3.63, 3.8) is 0 Å². The Labute approximate surface area is 207 Å². The molecule has 1 saturated carbocycles. The van der Waals surface area contributed by atoms with Gasteiger partial charge in [-0.05, 0) is 32.6 Å². The lowest BCUT2D eigenvalue weighted by atomic mass is 9.66. The number of hydrogen-bond acceptors (Lipinski definition) is 5. The summed E-state index contributed by atoms with van der Waals surface area (Å²) in [4.78, 5) is 46.9. The van der Waals surface area contributed by atoms with Crippen LogP contribution in [-0.2, 0) is 14.4 Å². The first-order valence-corrected chi connectivity index (χ1v) is 13.5. The van der Waals surface area contributed by atoms with E-state index in [2.05, 4.69) is 20.1 Å². The van der Waals surface area contributed by atoms with E-state index in [0.29, 0.717) is 13.1 Å². The maximum atomic E-state index is 14.3. The lowest BCUT2D eigenvalue weighted by molar-refractivity contribution is -0.146. The molecule has 0 radical (unpaired) electrons. The van der Waals surface area contributed by atoms with Gasteiger partial charge in [0.25, 0.3) is 0 Å². The Morgan fingerprint density at radius 1 is 1.15 bits per heavy atom.